The van der Waals surface area contributed by atoms with Crippen LogP contribution in [0.3, 0.4) is 0 Å². The first-order chi connectivity index (χ1) is 8.79. The van der Waals surface area contributed by atoms with Crippen LogP contribution in [0.5, 0.6) is 0 Å². The Morgan fingerprint density at radius 2 is 2.06 bits per heavy atom. The molecule has 0 bridgehead atoms. The van der Waals surface area contributed by atoms with Crippen LogP contribution >= 0.6 is 0 Å². The number of rotatable bonds is 6. The van der Waals surface area contributed by atoms with E-state index < -0.39 is 0 Å². The van der Waals surface area contributed by atoms with E-state index in [2.05, 4.69) is 4.90 Å². The maximum Gasteiger partial charge on any atom is 0.136 e. The number of hydrogen-bond acceptors (Lipinski definition) is 4. The fourth-order valence-corrected chi connectivity index (χ4v) is 3.05. The van der Waals surface area contributed by atoms with Crippen LogP contribution in [0, 0.1) is 5.92 Å². The van der Waals surface area contributed by atoms with Gasteiger partial charge in [0.05, 0.1) is 19.3 Å². The van der Waals surface area contributed by atoms with E-state index >= 15 is 0 Å². The minimum atomic E-state index is 0.115. The van der Waals surface area contributed by atoms with Crippen molar-refractivity contribution in [2.24, 2.45) is 5.92 Å². The number of piperidine rings is 1. The van der Waals surface area contributed by atoms with Gasteiger partial charge < -0.3 is 14.7 Å². The number of likely N-dealkylation sites (tertiary alicyclic amines) is 1. The molecule has 2 fully saturated rings. The molecule has 1 aliphatic carbocycles. The van der Waals surface area contributed by atoms with Gasteiger partial charge in [0.2, 0.25) is 0 Å². The van der Waals surface area contributed by atoms with Crippen molar-refractivity contribution in [3.8, 4) is 0 Å². The average Bonchev–Trinajstić information content (AvgIpc) is 2.81. The number of ketones is 1. The predicted octanol–water partition coefficient (Wildman–Crippen LogP) is 1.22. The molecule has 1 atom stereocenters. The Morgan fingerprint density at radius 1 is 1.28 bits per heavy atom. The van der Waals surface area contributed by atoms with Crippen LogP contribution in [0.1, 0.15) is 38.5 Å². The zero-order valence-corrected chi connectivity index (χ0v) is 11.1. The summed E-state index contributed by atoms with van der Waals surface area (Å²) >= 11 is 0. The molecule has 0 aromatic rings. The molecule has 4 heteroatoms. The van der Waals surface area contributed by atoms with E-state index in [1.165, 1.54) is 0 Å². The highest BCUT2D eigenvalue weighted by atomic mass is 16.5. The molecule has 1 N–H and O–H groups in total. The fraction of sp³-hybridized carbons (Fsp3) is 0.929. The van der Waals surface area contributed by atoms with Gasteiger partial charge in [-0.25, -0.2) is 0 Å². The Labute approximate surface area is 109 Å². The van der Waals surface area contributed by atoms with Crippen molar-refractivity contribution < 1.29 is 14.6 Å². The van der Waals surface area contributed by atoms with E-state index in [1.54, 1.807) is 0 Å². The van der Waals surface area contributed by atoms with Gasteiger partial charge >= 0.3 is 0 Å². The highest BCUT2D eigenvalue weighted by Crippen LogP contribution is 2.25. The zero-order chi connectivity index (χ0) is 12.8. The zero-order valence-electron chi connectivity index (χ0n) is 11.1. The third-order valence-electron chi connectivity index (χ3n) is 4.20. The molecule has 1 saturated carbocycles. The third kappa shape index (κ3) is 4.04. The largest absolute Gasteiger partial charge is 0.394 e. The molecule has 2 aliphatic rings. The average molecular weight is 255 g/mol. The summed E-state index contributed by atoms with van der Waals surface area (Å²) in [5.74, 6) is 0.824. The molecular formula is C14H25NO3. The van der Waals surface area contributed by atoms with Crippen molar-refractivity contribution >= 4 is 5.78 Å². The highest BCUT2D eigenvalue weighted by Gasteiger charge is 2.26. The molecule has 0 aromatic heterocycles. The lowest BCUT2D eigenvalue weighted by molar-refractivity contribution is -0.120. The van der Waals surface area contributed by atoms with Crippen LogP contribution in [0.4, 0.5) is 0 Å². The van der Waals surface area contributed by atoms with Gasteiger partial charge in [0.1, 0.15) is 5.78 Å². The maximum absolute atomic E-state index is 11.6. The molecule has 0 spiro atoms. The molecular weight excluding hydrogens is 230 g/mol. The van der Waals surface area contributed by atoms with E-state index in [4.69, 9.17) is 9.84 Å². The second-order valence-corrected chi connectivity index (χ2v) is 5.48. The van der Waals surface area contributed by atoms with Gasteiger partial charge in [0, 0.05) is 25.4 Å². The summed E-state index contributed by atoms with van der Waals surface area (Å²) < 4.78 is 5.54. The summed E-state index contributed by atoms with van der Waals surface area (Å²) in [7, 11) is 0. The van der Waals surface area contributed by atoms with Crippen molar-refractivity contribution in [2.75, 3.05) is 32.8 Å². The summed E-state index contributed by atoms with van der Waals surface area (Å²) in [6.07, 6.45) is 6.48. The minimum absolute atomic E-state index is 0.115. The molecule has 1 heterocycles. The Kier molecular flexibility index (Phi) is 5.60. The first kappa shape index (κ1) is 14.0. The molecule has 0 aromatic carbocycles. The van der Waals surface area contributed by atoms with Crippen LogP contribution in [0.25, 0.3) is 0 Å². The quantitative estimate of drug-likeness (QED) is 0.775. The lowest BCUT2D eigenvalue weighted by Crippen LogP contribution is -2.38. The van der Waals surface area contributed by atoms with Crippen LogP contribution in [0.2, 0.25) is 0 Å². The van der Waals surface area contributed by atoms with Gasteiger partial charge in [-0.15, -0.1) is 0 Å². The van der Waals surface area contributed by atoms with Crippen LogP contribution < -0.4 is 0 Å². The fourth-order valence-electron chi connectivity index (χ4n) is 3.05. The summed E-state index contributed by atoms with van der Waals surface area (Å²) in [5, 5.41) is 8.71. The van der Waals surface area contributed by atoms with Gasteiger partial charge in [-0.2, -0.15) is 0 Å². The first-order valence-corrected chi connectivity index (χ1v) is 7.27. The van der Waals surface area contributed by atoms with Crippen LogP contribution in [-0.4, -0.2) is 54.7 Å². The molecule has 1 saturated heterocycles. The summed E-state index contributed by atoms with van der Waals surface area (Å²) in [4.78, 5) is 14.0. The molecule has 1 unspecified atom stereocenters. The van der Waals surface area contributed by atoms with Crippen molar-refractivity contribution in [3.05, 3.63) is 0 Å². The second kappa shape index (κ2) is 7.22. The van der Waals surface area contributed by atoms with Crippen molar-refractivity contribution in [2.45, 2.75) is 44.6 Å². The number of nitrogens with zero attached hydrogens (tertiary/aromatic N) is 1. The minimum Gasteiger partial charge on any atom is -0.394 e. The third-order valence-corrected chi connectivity index (χ3v) is 4.20. The number of Topliss-reactive ketones (excluding diaryl/α,β-unsaturated/α-hetero) is 1. The standard InChI is InChI=1S/C14H25NO3/c16-10-11-18-13-5-8-15(9-6-13)7-4-12-2-1-3-14(12)17/h12-13,16H,1-11H2. The number of hydrogen-bond donors (Lipinski definition) is 1. The van der Waals surface area contributed by atoms with Crippen LogP contribution in [0.15, 0.2) is 0 Å². The van der Waals surface area contributed by atoms with E-state index in [0.29, 0.717) is 24.4 Å². The Hall–Kier alpha value is -0.450. The van der Waals surface area contributed by atoms with Gasteiger partial charge in [-0.1, -0.05) is 0 Å². The predicted molar refractivity (Wildman–Crippen MR) is 69.5 cm³/mol. The molecule has 0 radical (unpaired) electrons. The Bertz CT molecular complexity index is 262. The molecule has 1 aliphatic heterocycles. The lowest BCUT2D eigenvalue weighted by atomic mass is 10.0. The number of aliphatic hydroxyl groups is 1. The smallest absolute Gasteiger partial charge is 0.136 e. The number of carbonyl (C=O) groups is 1. The Morgan fingerprint density at radius 3 is 2.67 bits per heavy atom. The second-order valence-electron chi connectivity index (χ2n) is 5.48. The van der Waals surface area contributed by atoms with Gasteiger partial charge in [-0.05, 0) is 38.6 Å². The summed E-state index contributed by atoms with van der Waals surface area (Å²) in [6.45, 7) is 3.77. The normalized spacial score (nSPS) is 26.9. The highest BCUT2D eigenvalue weighted by molar-refractivity contribution is 5.82. The van der Waals surface area contributed by atoms with Gasteiger partial charge in [-0.3, -0.25) is 4.79 Å². The Balaban J connectivity index is 1.60. The van der Waals surface area contributed by atoms with E-state index in [-0.39, 0.29) is 6.61 Å². The lowest BCUT2D eigenvalue weighted by Gasteiger charge is -2.32. The molecule has 18 heavy (non-hydrogen) atoms. The number of ether oxygens (including phenoxy) is 1. The molecule has 0 amide bonds. The maximum atomic E-state index is 11.6. The van der Waals surface area contributed by atoms with Crippen LogP contribution in [-0.2, 0) is 9.53 Å². The number of carbonyl (C=O) groups excluding carboxylic acids is 1. The van der Waals surface area contributed by atoms with Crippen molar-refractivity contribution in [1.82, 2.24) is 4.90 Å². The van der Waals surface area contributed by atoms with Crippen molar-refractivity contribution in [3.63, 3.8) is 0 Å². The van der Waals surface area contributed by atoms with E-state index in [9.17, 15) is 4.79 Å². The van der Waals surface area contributed by atoms with Gasteiger partial charge in [0.25, 0.3) is 0 Å². The van der Waals surface area contributed by atoms with Crippen molar-refractivity contribution in [1.29, 1.82) is 0 Å². The molecule has 4 nitrogen and oxygen atoms in total. The number of aliphatic hydroxyl groups excluding tert-OH is 1. The molecule has 2 rings (SSSR count). The van der Waals surface area contributed by atoms with Gasteiger partial charge in [0.15, 0.2) is 0 Å². The summed E-state index contributed by atoms with van der Waals surface area (Å²) in [5.41, 5.74) is 0. The SMILES string of the molecule is O=C1CCCC1CCN1CCC(OCCO)CC1. The van der Waals surface area contributed by atoms with E-state index in [0.717, 1.165) is 58.2 Å². The molecule has 104 valence electrons. The summed E-state index contributed by atoms with van der Waals surface area (Å²) in [6, 6.07) is 0. The monoisotopic (exact) mass is 255 g/mol. The first-order valence-electron chi connectivity index (χ1n) is 7.27. The topological polar surface area (TPSA) is 49.8 Å². The van der Waals surface area contributed by atoms with E-state index in [1.807, 2.05) is 0 Å².